The third kappa shape index (κ3) is 4.82. The van der Waals surface area contributed by atoms with E-state index in [0.29, 0.717) is 5.56 Å². The molecule has 3 fully saturated rings. The van der Waals surface area contributed by atoms with E-state index in [1.54, 1.807) is 24.3 Å². The van der Waals surface area contributed by atoms with Crippen LogP contribution in [0.5, 0.6) is 5.75 Å². The second-order valence-corrected chi connectivity index (χ2v) is 11.3. The van der Waals surface area contributed by atoms with Crippen molar-refractivity contribution in [3.8, 4) is 5.75 Å². The zero-order valence-corrected chi connectivity index (χ0v) is 23.0. The molecule has 0 radical (unpaired) electrons. The van der Waals surface area contributed by atoms with Crippen LogP contribution in [0.1, 0.15) is 55.9 Å². The zero-order valence-electron chi connectivity index (χ0n) is 22.3. The number of esters is 1. The van der Waals surface area contributed by atoms with E-state index in [1.165, 1.54) is 36.4 Å². The summed E-state index contributed by atoms with van der Waals surface area (Å²) in [5.41, 5.74) is 1.71. The molecule has 2 saturated carbocycles. The maximum absolute atomic E-state index is 13.7. The molecule has 0 aromatic heterocycles. The largest absolute Gasteiger partial charge is 0.423 e. The number of ketones is 1. The van der Waals surface area contributed by atoms with Gasteiger partial charge in [0, 0.05) is 5.56 Å². The first-order valence-corrected chi connectivity index (χ1v) is 14.0. The van der Waals surface area contributed by atoms with Crippen molar-refractivity contribution in [1.29, 1.82) is 0 Å². The van der Waals surface area contributed by atoms with Crippen LogP contribution in [0.4, 0.5) is 0 Å². The van der Waals surface area contributed by atoms with Gasteiger partial charge in [0.05, 0.1) is 28.0 Å². The highest BCUT2D eigenvalue weighted by molar-refractivity contribution is 6.34. The summed E-state index contributed by atoms with van der Waals surface area (Å²) in [6.45, 7) is 1.37. The van der Waals surface area contributed by atoms with Crippen molar-refractivity contribution in [1.82, 2.24) is 10.0 Å². The standard InChI is InChI=1S/C32H27ClN2O6/c1-18-6-8-20(9-7-18)32(40)41-23-14-12-19(13-15-23)26(36)17-34(29(37)24-4-2-3-5-25(24)33)35-30(38)27-21-10-11-22(16-21)28(27)31(35)39/h2-9,12-15,21-22,27-28H,10-11,16-17H2,1H3/t21-,22-,27+,28+/m0/s1. The first-order chi connectivity index (χ1) is 19.7. The Morgan fingerprint density at radius 2 is 1.44 bits per heavy atom. The fourth-order valence-electron chi connectivity index (χ4n) is 6.43. The summed E-state index contributed by atoms with van der Waals surface area (Å²) in [5.74, 6) is -3.04. The predicted molar refractivity (Wildman–Crippen MR) is 149 cm³/mol. The molecule has 41 heavy (non-hydrogen) atoms. The number of nitrogens with zero attached hydrogens (tertiary/aromatic N) is 2. The molecule has 1 heterocycles. The third-order valence-electron chi connectivity index (χ3n) is 8.45. The van der Waals surface area contributed by atoms with Crippen LogP contribution < -0.4 is 4.74 Å². The van der Waals surface area contributed by atoms with E-state index in [2.05, 4.69) is 0 Å². The van der Waals surface area contributed by atoms with Crippen molar-refractivity contribution in [2.75, 3.05) is 6.54 Å². The van der Waals surface area contributed by atoms with E-state index in [0.717, 1.165) is 34.8 Å². The van der Waals surface area contributed by atoms with Crippen molar-refractivity contribution < 1.29 is 28.7 Å². The third-order valence-corrected chi connectivity index (χ3v) is 8.78. The van der Waals surface area contributed by atoms with Gasteiger partial charge in [0.25, 0.3) is 17.7 Å². The SMILES string of the molecule is Cc1ccc(C(=O)Oc2ccc(C(=O)CN(C(=O)c3ccccc3Cl)N3C(=O)[C@@H]4[C@H]5CC[C@@H](C5)[C@H]4C3=O)cc2)cc1. The molecule has 2 bridgehead atoms. The first-order valence-electron chi connectivity index (χ1n) is 13.6. The first kappa shape index (κ1) is 26.9. The van der Waals surface area contributed by atoms with Crippen molar-refractivity contribution in [3.05, 3.63) is 100 Å². The van der Waals surface area contributed by atoms with Gasteiger partial charge in [-0.3, -0.25) is 19.2 Å². The van der Waals surface area contributed by atoms with Crippen LogP contribution in [0.3, 0.4) is 0 Å². The van der Waals surface area contributed by atoms with Gasteiger partial charge in [-0.25, -0.2) is 9.80 Å². The Kier molecular flexibility index (Phi) is 6.95. The number of fused-ring (bicyclic) bond motifs is 5. The monoisotopic (exact) mass is 570 g/mol. The second kappa shape index (κ2) is 10.6. The van der Waals surface area contributed by atoms with E-state index in [4.69, 9.17) is 16.3 Å². The molecule has 3 aromatic carbocycles. The molecule has 8 nitrogen and oxygen atoms in total. The lowest BCUT2D eigenvalue weighted by Gasteiger charge is -2.31. The Balaban J connectivity index is 1.24. The number of halogens is 1. The smallest absolute Gasteiger partial charge is 0.343 e. The quantitative estimate of drug-likeness (QED) is 0.169. The lowest BCUT2D eigenvalue weighted by molar-refractivity contribution is -0.155. The number of Topliss-reactive ketones (excluding diaryl/α,β-unsaturated/α-hetero) is 1. The molecule has 208 valence electrons. The number of ether oxygens (including phenoxy) is 1. The minimum absolute atomic E-state index is 0.0842. The molecule has 3 aliphatic rings. The Morgan fingerprint density at radius 1 is 0.854 bits per heavy atom. The van der Waals surface area contributed by atoms with E-state index < -0.39 is 47.9 Å². The number of hydrogen-bond donors (Lipinski definition) is 0. The Hall–Kier alpha value is -4.30. The summed E-state index contributed by atoms with van der Waals surface area (Å²) in [4.78, 5) is 66.8. The summed E-state index contributed by atoms with van der Waals surface area (Å²) in [5, 5.41) is 1.98. The fourth-order valence-corrected chi connectivity index (χ4v) is 6.65. The predicted octanol–water partition coefficient (Wildman–Crippen LogP) is 5.14. The topological polar surface area (TPSA) is 101 Å². The van der Waals surface area contributed by atoms with Gasteiger partial charge in [0.2, 0.25) is 0 Å². The number of carbonyl (C=O) groups is 5. The van der Waals surface area contributed by atoms with Crippen LogP contribution in [0.25, 0.3) is 0 Å². The van der Waals surface area contributed by atoms with Crippen molar-refractivity contribution in [2.24, 2.45) is 23.7 Å². The highest BCUT2D eigenvalue weighted by atomic mass is 35.5. The van der Waals surface area contributed by atoms with E-state index >= 15 is 0 Å². The molecule has 9 heteroatoms. The molecular formula is C32H27ClN2O6. The average Bonchev–Trinajstić information content (AvgIpc) is 3.66. The average molecular weight is 571 g/mol. The second-order valence-electron chi connectivity index (χ2n) is 10.9. The molecule has 6 rings (SSSR count). The Labute approximate surface area is 241 Å². The summed E-state index contributed by atoms with van der Waals surface area (Å²) < 4.78 is 5.42. The maximum Gasteiger partial charge on any atom is 0.343 e. The number of aryl methyl sites for hydroxylation is 1. The molecule has 1 aliphatic heterocycles. The molecule has 1 saturated heterocycles. The Bertz CT molecular complexity index is 1540. The molecule has 2 aliphatic carbocycles. The highest BCUT2D eigenvalue weighted by Crippen LogP contribution is 2.56. The molecule has 4 atom stereocenters. The van der Waals surface area contributed by atoms with Crippen LogP contribution in [-0.2, 0) is 9.59 Å². The Morgan fingerprint density at radius 3 is 2.05 bits per heavy atom. The van der Waals surface area contributed by atoms with Crippen LogP contribution in [-0.4, -0.2) is 46.0 Å². The maximum atomic E-state index is 13.7. The zero-order chi connectivity index (χ0) is 28.8. The summed E-state index contributed by atoms with van der Waals surface area (Å²) in [6, 6.07) is 19.2. The van der Waals surface area contributed by atoms with Gasteiger partial charge in [-0.2, -0.15) is 5.01 Å². The highest BCUT2D eigenvalue weighted by Gasteiger charge is 2.62. The summed E-state index contributed by atoms with van der Waals surface area (Å²) in [6.07, 6.45) is 2.62. The molecular weight excluding hydrogens is 544 g/mol. The normalized spacial score (nSPS) is 22.5. The van der Waals surface area contributed by atoms with Gasteiger partial charge in [0.15, 0.2) is 5.78 Å². The number of rotatable bonds is 7. The number of benzene rings is 3. The lowest BCUT2D eigenvalue weighted by Crippen LogP contribution is -2.52. The van der Waals surface area contributed by atoms with Gasteiger partial charge >= 0.3 is 5.97 Å². The van der Waals surface area contributed by atoms with Gasteiger partial charge in [-0.15, -0.1) is 0 Å². The van der Waals surface area contributed by atoms with Crippen LogP contribution in [0.15, 0.2) is 72.8 Å². The summed E-state index contributed by atoms with van der Waals surface area (Å²) >= 11 is 6.30. The van der Waals surface area contributed by atoms with E-state index in [9.17, 15) is 24.0 Å². The molecule has 3 aromatic rings. The number of hydrogen-bond acceptors (Lipinski definition) is 6. The van der Waals surface area contributed by atoms with Crippen molar-refractivity contribution in [2.45, 2.75) is 26.2 Å². The van der Waals surface area contributed by atoms with Gasteiger partial charge in [-0.1, -0.05) is 41.4 Å². The number of imide groups is 1. The molecule has 0 N–H and O–H groups in total. The lowest BCUT2D eigenvalue weighted by atomic mass is 9.81. The van der Waals surface area contributed by atoms with E-state index in [1.807, 2.05) is 19.1 Å². The summed E-state index contributed by atoms with van der Waals surface area (Å²) in [7, 11) is 0. The van der Waals surface area contributed by atoms with Crippen molar-refractivity contribution in [3.63, 3.8) is 0 Å². The van der Waals surface area contributed by atoms with Gasteiger partial charge in [-0.05, 0) is 86.6 Å². The van der Waals surface area contributed by atoms with Gasteiger partial charge < -0.3 is 4.74 Å². The van der Waals surface area contributed by atoms with Crippen molar-refractivity contribution >= 4 is 41.1 Å². The molecule has 0 unspecified atom stereocenters. The minimum Gasteiger partial charge on any atom is -0.423 e. The number of carbonyl (C=O) groups excluding carboxylic acids is 5. The van der Waals surface area contributed by atoms with Crippen LogP contribution in [0, 0.1) is 30.6 Å². The molecule has 0 spiro atoms. The van der Waals surface area contributed by atoms with Gasteiger partial charge in [0.1, 0.15) is 12.3 Å². The number of hydrazine groups is 1. The number of amides is 3. The van der Waals surface area contributed by atoms with E-state index in [-0.39, 0.29) is 33.7 Å². The van der Waals surface area contributed by atoms with Crippen LogP contribution in [0.2, 0.25) is 5.02 Å². The minimum atomic E-state index is -0.707. The van der Waals surface area contributed by atoms with Crippen LogP contribution >= 0.6 is 11.6 Å². The fraction of sp³-hybridized carbons (Fsp3) is 0.281. The molecule has 3 amide bonds.